The summed E-state index contributed by atoms with van der Waals surface area (Å²) in [6.07, 6.45) is 42.4. The average molecular weight is 629 g/mol. The van der Waals surface area contributed by atoms with E-state index in [1.165, 1.54) is 38.5 Å². The first kappa shape index (κ1) is 36.2. The highest BCUT2D eigenvalue weighted by atomic mass is 31.2. The van der Waals surface area contributed by atoms with E-state index in [2.05, 4.69) is 41.5 Å². The molecule has 0 radical (unpaired) electrons. The average Bonchev–Trinajstić information content (AvgIpc) is 2.98. The molecule has 0 bridgehead atoms. The Hall–Kier alpha value is 1.72. The molecule has 0 heterocycles. The standard InChI is InChI=1S/C36H72P4/c1-7-28-37(29-8-2)34(22-16-13-17-23-34)40(35(24-18-14-19-25-35)38(30-9-3)31-10-4)36(26-20-15-21-27-36)39(32-11-5)33-12-6/h7-33H2,1-6H3. The van der Waals surface area contributed by atoms with E-state index in [4.69, 9.17) is 0 Å². The molecular formula is C36H72P4. The number of hydrogen-bond acceptors (Lipinski definition) is 0. The molecule has 3 fully saturated rings. The zero-order valence-corrected chi connectivity index (χ0v) is 32.0. The Bertz CT molecular complexity index is 551. The first-order chi connectivity index (χ1) is 19.5. The van der Waals surface area contributed by atoms with Crippen molar-refractivity contribution in [3.05, 3.63) is 0 Å². The lowest BCUT2D eigenvalue weighted by Crippen LogP contribution is -2.49. The predicted molar refractivity (Wildman–Crippen MR) is 196 cm³/mol. The highest BCUT2D eigenvalue weighted by molar-refractivity contribution is 7.91. The van der Waals surface area contributed by atoms with Gasteiger partial charge in [-0.25, -0.2) is 0 Å². The second-order valence-electron chi connectivity index (χ2n) is 13.9. The van der Waals surface area contributed by atoms with Crippen molar-refractivity contribution in [2.45, 2.75) is 191 Å². The van der Waals surface area contributed by atoms with Crippen molar-refractivity contribution in [3.8, 4) is 0 Å². The van der Waals surface area contributed by atoms with Crippen LogP contribution in [0.4, 0.5) is 0 Å². The zero-order chi connectivity index (χ0) is 28.9. The smallest absolute Gasteiger partial charge is 0.0123 e. The van der Waals surface area contributed by atoms with Crippen LogP contribution in [0.1, 0.15) is 176 Å². The third-order valence-electron chi connectivity index (χ3n) is 10.9. The number of hydrogen-bond donors (Lipinski definition) is 0. The second-order valence-corrected chi connectivity index (χ2v) is 26.7. The SMILES string of the molecule is CCCP(CCC)C1(P(C2(P(CCC)CCC)CCCCC2)C2(P(CCC)CCC)CCCCC2)CCCCC1. The van der Waals surface area contributed by atoms with Crippen LogP contribution in [0.25, 0.3) is 0 Å². The molecule has 0 aliphatic heterocycles. The van der Waals surface area contributed by atoms with E-state index < -0.39 is 0 Å². The van der Waals surface area contributed by atoms with Gasteiger partial charge in [-0.2, -0.15) is 0 Å². The first-order valence-electron chi connectivity index (χ1n) is 18.6. The van der Waals surface area contributed by atoms with E-state index in [1.807, 2.05) is 0 Å². The Morgan fingerprint density at radius 3 is 0.700 bits per heavy atom. The van der Waals surface area contributed by atoms with E-state index in [1.54, 1.807) is 133 Å². The molecule has 0 nitrogen and oxygen atoms in total. The van der Waals surface area contributed by atoms with E-state index >= 15 is 0 Å². The second kappa shape index (κ2) is 18.6. The van der Waals surface area contributed by atoms with Gasteiger partial charge in [-0.15, -0.1) is 0 Å². The van der Waals surface area contributed by atoms with Gasteiger partial charge in [0.05, 0.1) is 0 Å². The van der Waals surface area contributed by atoms with E-state index in [9.17, 15) is 0 Å². The Morgan fingerprint density at radius 2 is 0.525 bits per heavy atom. The van der Waals surface area contributed by atoms with Crippen LogP contribution in [0.15, 0.2) is 0 Å². The minimum atomic E-state index is 0.0311. The molecule has 40 heavy (non-hydrogen) atoms. The number of rotatable bonds is 18. The minimum absolute atomic E-state index is 0.0311. The summed E-state index contributed by atoms with van der Waals surface area (Å²) in [6, 6.07) is 0. The summed E-state index contributed by atoms with van der Waals surface area (Å²) in [7, 11) is 0.472. The van der Waals surface area contributed by atoms with Crippen LogP contribution >= 0.6 is 31.7 Å². The maximum atomic E-state index is 2.55. The first-order valence-corrected chi connectivity index (χ1v) is 25.1. The fourth-order valence-corrected chi connectivity index (χ4v) is 33.0. The highest BCUT2D eigenvalue weighted by Gasteiger charge is 2.64. The van der Waals surface area contributed by atoms with Gasteiger partial charge in [-0.05, 0) is 75.5 Å². The van der Waals surface area contributed by atoms with Crippen molar-refractivity contribution in [2.24, 2.45) is 0 Å². The van der Waals surface area contributed by atoms with Gasteiger partial charge < -0.3 is 0 Å². The van der Waals surface area contributed by atoms with Gasteiger partial charge in [0.15, 0.2) is 0 Å². The van der Waals surface area contributed by atoms with Crippen LogP contribution in [-0.4, -0.2) is 51.7 Å². The molecule has 236 valence electrons. The van der Waals surface area contributed by atoms with E-state index in [-0.39, 0.29) is 31.7 Å². The van der Waals surface area contributed by atoms with Crippen molar-refractivity contribution in [2.75, 3.05) is 37.0 Å². The molecule has 0 amide bonds. The van der Waals surface area contributed by atoms with Gasteiger partial charge in [-0.1, -0.05) is 170 Å². The van der Waals surface area contributed by atoms with Gasteiger partial charge in [0.2, 0.25) is 0 Å². The third-order valence-corrected chi connectivity index (χ3v) is 29.9. The quantitative estimate of drug-likeness (QED) is 0.133. The monoisotopic (exact) mass is 628 g/mol. The normalized spacial score (nSPS) is 22.9. The summed E-state index contributed by atoms with van der Waals surface area (Å²) in [5, 5.41) is 0. The van der Waals surface area contributed by atoms with Crippen LogP contribution < -0.4 is 0 Å². The molecule has 0 aromatic carbocycles. The van der Waals surface area contributed by atoms with Crippen molar-refractivity contribution in [3.63, 3.8) is 0 Å². The summed E-state index contributed by atoms with van der Waals surface area (Å²) >= 11 is 0. The summed E-state index contributed by atoms with van der Waals surface area (Å²) in [5.41, 5.74) is 0. The van der Waals surface area contributed by atoms with Gasteiger partial charge in [0.25, 0.3) is 0 Å². The maximum absolute atomic E-state index is 2.55. The molecule has 0 aromatic rings. The Morgan fingerprint density at radius 1 is 0.325 bits per heavy atom. The molecule has 0 atom stereocenters. The van der Waals surface area contributed by atoms with Crippen LogP contribution in [0.5, 0.6) is 0 Å². The van der Waals surface area contributed by atoms with Crippen LogP contribution in [0, 0.1) is 0 Å². The topological polar surface area (TPSA) is 0 Å². The minimum Gasteiger partial charge on any atom is -0.0958 e. The molecule has 3 rings (SSSR count). The Labute approximate surface area is 258 Å². The summed E-state index contributed by atoms with van der Waals surface area (Å²) in [6.45, 7) is 15.3. The molecule has 0 N–H and O–H groups in total. The zero-order valence-electron chi connectivity index (χ0n) is 28.4. The van der Waals surface area contributed by atoms with Crippen molar-refractivity contribution in [1.82, 2.24) is 0 Å². The Kier molecular flexibility index (Phi) is 16.9. The van der Waals surface area contributed by atoms with E-state index in [0.29, 0.717) is 0 Å². The molecule has 3 aliphatic rings. The highest BCUT2D eigenvalue weighted by Crippen LogP contribution is 2.93. The van der Waals surface area contributed by atoms with Crippen LogP contribution in [0.3, 0.4) is 0 Å². The molecule has 0 unspecified atom stereocenters. The van der Waals surface area contributed by atoms with Crippen LogP contribution in [-0.2, 0) is 0 Å². The molecule has 0 spiro atoms. The lowest BCUT2D eigenvalue weighted by molar-refractivity contribution is 0.418. The Balaban J connectivity index is 2.38. The van der Waals surface area contributed by atoms with Gasteiger partial charge in [-0.3, -0.25) is 0 Å². The molecule has 4 heteroatoms. The lowest BCUT2D eigenvalue weighted by Gasteiger charge is -2.68. The molecule has 0 saturated heterocycles. The van der Waals surface area contributed by atoms with Crippen molar-refractivity contribution in [1.29, 1.82) is 0 Å². The van der Waals surface area contributed by atoms with E-state index in [0.717, 1.165) is 14.7 Å². The summed E-state index contributed by atoms with van der Waals surface area (Å²) in [5.74, 6) is 0. The third kappa shape index (κ3) is 8.10. The summed E-state index contributed by atoms with van der Waals surface area (Å²) < 4.78 is 0. The van der Waals surface area contributed by atoms with Crippen LogP contribution in [0.2, 0.25) is 0 Å². The molecule has 3 aliphatic carbocycles. The predicted octanol–water partition coefficient (Wildman–Crippen LogP) is 14.4. The van der Waals surface area contributed by atoms with Gasteiger partial charge in [0, 0.05) is 14.7 Å². The maximum Gasteiger partial charge on any atom is 0.0123 e. The van der Waals surface area contributed by atoms with Crippen molar-refractivity contribution >= 4 is 31.7 Å². The fraction of sp³-hybridized carbons (Fsp3) is 1.00. The lowest BCUT2D eigenvalue weighted by atomic mass is 9.98. The van der Waals surface area contributed by atoms with Gasteiger partial charge in [0.1, 0.15) is 0 Å². The molecular weight excluding hydrogens is 556 g/mol. The molecule has 3 saturated carbocycles. The van der Waals surface area contributed by atoms with Crippen molar-refractivity contribution < 1.29 is 0 Å². The largest absolute Gasteiger partial charge is 0.0958 e. The molecule has 0 aromatic heterocycles. The fourth-order valence-electron chi connectivity index (χ4n) is 9.76. The summed E-state index contributed by atoms with van der Waals surface area (Å²) in [4.78, 5) is 2.31. The van der Waals surface area contributed by atoms with Gasteiger partial charge >= 0.3 is 0 Å².